The lowest BCUT2D eigenvalue weighted by Crippen LogP contribution is -2.06. The molecule has 9 heteroatoms. The zero-order valence-electron chi connectivity index (χ0n) is 15.5. The van der Waals surface area contributed by atoms with E-state index in [1.807, 2.05) is 0 Å². The number of hydrogen-bond acceptors (Lipinski definition) is 8. The van der Waals surface area contributed by atoms with Gasteiger partial charge in [-0.15, -0.1) is 0 Å². The summed E-state index contributed by atoms with van der Waals surface area (Å²) in [6.07, 6.45) is 4.11. The van der Waals surface area contributed by atoms with E-state index in [-0.39, 0.29) is 22.5 Å². The maximum Gasteiger partial charge on any atom is 0.341 e. The number of esters is 1. The van der Waals surface area contributed by atoms with Crippen LogP contribution in [0.1, 0.15) is 5.56 Å². The molecule has 0 aliphatic carbocycles. The van der Waals surface area contributed by atoms with E-state index >= 15 is 0 Å². The van der Waals surface area contributed by atoms with E-state index in [4.69, 9.17) is 30.5 Å². The lowest BCUT2D eigenvalue weighted by molar-refractivity contribution is -0.133. The summed E-state index contributed by atoms with van der Waals surface area (Å²) in [7, 11) is 2.72. The van der Waals surface area contributed by atoms with E-state index in [1.165, 1.54) is 32.9 Å². The van der Waals surface area contributed by atoms with Gasteiger partial charge in [0.05, 0.1) is 26.5 Å². The third-order valence-electron chi connectivity index (χ3n) is 3.59. The lowest BCUT2D eigenvalue weighted by atomic mass is 10.1. The topological polar surface area (TPSA) is 92.7 Å². The van der Waals surface area contributed by atoms with Crippen molar-refractivity contribution in [2.75, 3.05) is 14.2 Å². The van der Waals surface area contributed by atoms with Crippen LogP contribution in [0.4, 0.5) is 0 Å². The van der Waals surface area contributed by atoms with Crippen molar-refractivity contribution in [1.82, 2.24) is 15.0 Å². The lowest BCUT2D eigenvalue weighted by Gasteiger charge is -2.12. The molecule has 0 amide bonds. The fourth-order valence-corrected chi connectivity index (χ4v) is 2.49. The second-order valence-corrected chi connectivity index (χ2v) is 5.80. The molecular weight excluding hydrogens is 398 g/mol. The van der Waals surface area contributed by atoms with Crippen molar-refractivity contribution >= 4 is 23.1 Å². The average molecular weight is 414 g/mol. The fourth-order valence-electron chi connectivity index (χ4n) is 2.33. The summed E-state index contributed by atoms with van der Waals surface area (Å²) in [5.41, 5.74) is 0.663. The molecule has 0 aliphatic rings. The Bertz CT molecular complexity index is 1040. The van der Waals surface area contributed by atoms with Crippen LogP contribution >= 0.6 is 11.6 Å². The number of carbonyl (C=O) groups excluding carboxylic acids is 1. The van der Waals surface area contributed by atoms with Crippen LogP contribution in [0.15, 0.2) is 61.3 Å². The van der Waals surface area contributed by atoms with E-state index < -0.39 is 5.97 Å². The minimum Gasteiger partial charge on any atom is -0.503 e. The minimum absolute atomic E-state index is 0.193. The fraction of sp³-hybridized carbons (Fsp3) is 0.100. The molecule has 0 atom stereocenters. The second-order valence-electron chi connectivity index (χ2n) is 5.45. The molecule has 148 valence electrons. The van der Waals surface area contributed by atoms with Gasteiger partial charge >= 0.3 is 5.97 Å². The number of rotatable bonds is 7. The number of carbonyl (C=O) groups is 1. The summed E-state index contributed by atoms with van der Waals surface area (Å²) in [6, 6.07) is 11.7. The highest BCUT2D eigenvalue weighted by atomic mass is 35.5. The molecule has 2 aromatic heterocycles. The number of pyridine rings is 1. The zero-order chi connectivity index (χ0) is 20.6. The van der Waals surface area contributed by atoms with Gasteiger partial charge < -0.3 is 18.9 Å². The first kappa shape index (κ1) is 20.1. The molecule has 0 fully saturated rings. The van der Waals surface area contributed by atoms with E-state index in [1.54, 1.807) is 42.6 Å². The number of methoxy groups -OCH3 is 2. The molecule has 0 saturated heterocycles. The molecule has 0 N–H and O–H groups in total. The molecule has 3 rings (SSSR count). The molecule has 3 aromatic rings. The first-order chi connectivity index (χ1) is 14.1. The molecule has 2 heterocycles. The molecule has 0 saturated carbocycles. The van der Waals surface area contributed by atoms with E-state index in [9.17, 15) is 4.79 Å². The van der Waals surface area contributed by atoms with Gasteiger partial charge in [0.1, 0.15) is 17.6 Å². The van der Waals surface area contributed by atoms with Gasteiger partial charge in [-0.3, -0.25) is 0 Å². The summed E-state index contributed by atoms with van der Waals surface area (Å²) in [6.45, 7) is 0. The Morgan fingerprint density at radius 2 is 1.66 bits per heavy atom. The predicted octanol–water partition coefficient (Wildman–Crippen LogP) is 4.27. The smallest absolute Gasteiger partial charge is 0.341 e. The Hall–Kier alpha value is -3.65. The van der Waals surface area contributed by atoms with Gasteiger partial charge in [-0.2, -0.15) is 0 Å². The van der Waals surface area contributed by atoms with Crippen LogP contribution in [0.2, 0.25) is 5.15 Å². The third-order valence-corrected chi connectivity index (χ3v) is 3.87. The summed E-state index contributed by atoms with van der Waals surface area (Å²) < 4.78 is 21.3. The van der Waals surface area contributed by atoms with E-state index in [0.29, 0.717) is 17.1 Å². The molecule has 1 aromatic carbocycles. The van der Waals surface area contributed by atoms with E-state index in [2.05, 4.69) is 15.0 Å². The van der Waals surface area contributed by atoms with Gasteiger partial charge in [0.2, 0.25) is 11.8 Å². The van der Waals surface area contributed by atoms with Crippen molar-refractivity contribution < 1.29 is 23.7 Å². The molecular formula is C20H16ClN3O5. The molecule has 0 radical (unpaired) electrons. The number of ether oxygens (including phenoxy) is 4. The predicted molar refractivity (Wildman–Crippen MR) is 105 cm³/mol. The number of benzene rings is 1. The van der Waals surface area contributed by atoms with Crippen LogP contribution in [0.25, 0.3) is 5.57 Å². The molecule has 29 heavy (non-hydrogen) atoms. The number of nitrogens with zero attached hydrogens (tertiary/aromatic N) is 3. The van der Waals surface area contributed by atoms with Gasteiger partial charge in [0, 0.05) is 11.8 Å². The molecule has 0 bridgehead atoms. The summed E-state index contributed by atoms with van der Waals surface area (Å²) in [5.74, 6) is 0.549. The highest BCUT2D eigenvalue weighted by Crippen LogP contribution is 2.32. The van der Waals surface area contributed by atoms with Gasteiger partial charge in [-0.25, -0.2) is 19.7 Å². The van der Waals surface area contributed by atoms with Crippen LogP contribution in [-0.4, -0.2) is 35.1 Å². The highest BCUT2D eigenvalue weighted by molar-refractivity contribution is 6.30. The largest absolute Gasteiger partial charge is 0.503 e. The number of halogens is 1. The molecule has 0 aliphatic heterocycles. The Balaban J connectivity index is 1.89. The Labute approximate surface area is 171 Å². The van der Waals surface area contributed by atoms with Crippen LogP contribution in [-0.2, 0) is 14.3 Å². The van der Waals surface area contributed by atoms with Crippen LogP contribution in [0.5, 0.6) is 23.3 Å². The summed E-state index contributed by atoms with van der Waals surface area (Å²) in [4.78, 5) is 24.2. The Morgan fingerprint density at radius 3 is 2.34 bits per heavy atom. The van der Waals surface area contributed by atoms with Crippen LogP contribution in [0.3, 0.4) is 0 Å². The standard InChI is InChI=1S/C20H16ClN3O5/c1-26-11-14(20(25)27-2)13-6-3-4-7-15(13)28-17-10-18(24-12-23-17)29-16-8-5-9-22-19(16)21/h3-12H,1-2H3/b14-11+. The van der Waals surface area contributed by atoms with Crippen LogP contribution < -0.4 is 9.47 Å². The molecule has 0 spiro atoms. The quantitative estimate of drug-likeness (QED) is 0.245. The van der Waals surface area contributed by atoms with Gasteiger partial charge in [-0.05, 0) is 18.2 Å². The zero-order valence-corrected chi connectivity index (χ0v) is 16.3. The maximum atomic E-state index is 12.1. The first-order valence-electron chi connectivity index (χ1n) is 8.31. The van der Waals surface area contributed by atoms with Crippen molar-refractivity contribution in [3.05, 3.63) is 72.0 Å². The normalized spacial score (nSPS) is 10.9. The summed E-state index contributed by atoms with van der Waals surface area (Å²) >= 11 is 6.00. The highest BCUT2D eigenvalue weighted by Gasteiger charge is 2.18. The number of aromatic nitrogens is 3. The van der Waals surface area contributed by atoms with Gasteiger partial charge in [-0.1, -0.05) is 29.8 Å². The minimum atomic E-state index is -0.569. The van der Waals surface area contributed by atoms with Gasteiger partial charge in [0.25, 0.3) is 0 Å². The Kier molecular flexibility index (Phi) is 6.59. The van der Waals surface area contributed by atoms with Crippen molar-refractivity contribution in [1.29, 1.82) is 0 Å². The molecule has 0 unspecified atom stereocenters. The van der Waals surface area contributed by atoms with Gasteiger partial charge in [0.15, 0.2) is 10.9 Å². The average Bonchev–Trinajstić information content (AvgIpc) is 2.74. The number of para-hydroxylation sites is 1. The third kappa shape index (κ3) is 4.99. The van der Waals surface area contributed by atoms with Crippen molar-refractivity contribution in [2.24, 2.45) is 0 Å². The van der Waals surface area contributed by atoms with Crippen molar-refractivity contribution in [3.8, 4) is 23.3 Å². The van der Waals surface area contributed by atoms with Crippen LogP contribution in [0, 0.1) is 0 Å². The van der Waals surface area contributed by atoms with E-state index in [0.717, 1.165) is 0 Å². The monoisotopic (exact) mass is 413 g/mol. The maximum absolute atomic E-state index is 12.1. The SMILES string of the molecule is CO/C=C(/C(=O)OC)c1ccccc1Oc1cc(Oc2cccnc2Cl)ncn1. The second kappa shape index (κ2) is 9.52. The van der Waals surface area contributed by atoms with Crippen molar-refractivity contribution in [2.45, 2.75) is 0 Å². The number of hydrogen-bond donors (Lipinski definition) is 0. The van der Waals surface area contributed by atoms with Crippen molar-refractivity contribution in [3.63, 3.8) is 0 Å². The Morgan fingerprint density at radius 1 is 0.966 bits per heavy atom. The first-order valence-corrected chi connectivity index (χ1v) is 8.69. The molecule has 8 nitrogen and oxygen atoms in total. The summed E-state index contributed by atoms with van der Waals surface area (Å²) in [5, 5.41) is 0.200.